The van der Waals surface area contributed by atoms with E-state index >= 15 is 0 Å². The molecule has 1 aromatic carbocycles. The molecule has 1 aliphatic rings. The Bertz CT molecular complexity index is 480. The van der Waals surface area contributed by atoms with E-state index in [9.17, 15) is 0 Å². The summed E-state index contributed by atoms with van der Waals surface area (Å²) in [5, 5.41) is 0.357. The summed E-state index contributed by atoms with van der Waals surface area (Å²) in [5.41, 5.74) is 1.30. The lowest BCUT2D eigenvalue weighted by molar-refractivity contribution is 0.174. The molecule has 4 heteroatoms. The van der Waals surface area contributed by atoms with Crippen LogP contribution in [-0.2, 0) is 6.42 Å². The quantitative estimate of drug-likeness (QED) is 0.853. The Morgan fingerprint density at radius 2 is 1.85 bits per heavy atom. The zero-order valence-corrected chi connectivity index (χ0v) is 14.5. The third-order valence-corrected chi connectivity index (χ3v) is 9.43. The first-order chi connectivity index (χ1) is 9.19. The van der Waals surface area contributed by atoms with Gasteiger partial charge in [-0.1, -0.05) is 46.9 Å². The van der Waals surface area contributed by atoms with E-state index in [1.54, 1.807) is 0 Å². The molecular weight excluding hydrogens is 266 g/mol. The van der Waals surface area contributed by atoms with E-state index in [-0.39, 0.29) is 0 Å². The van der Waals surface area contributed by atoms with Gasteiger partial charge in [0.2, 0.25) is 6.79 Å². The number of hydrogen-bond donors (Lipinski definition) is 1. The van der Waals surface area contributed by atoms with E-state index in [1.165, 1.54) is 5.56 Å². The Hall–Kier alpha value is -1.00. The summed E-state index contributed by atoms with van der Waals surface area (Å²) in [5.74, 6) is 1.74. The second kappa shape index (κ2) is 5.41. The zero-order valence-electron chi connectivity index (χ0n) is 13.5. The molecule has 0 bridgehead atoms. The number of benzene rings is 1. The van der Waals surface area contributed by atoms with Gasteiger partial charge in [0, 0.05) is 6.04 Å². The molecule has 1 aromatic rings. The maximum absolute atomic E-state index is 5.44. The minimum absolute atomic E-state index is 0.344. The highest BCUT2D eigenvalue weighted by atomic mass is 28.3. The molecule has 0 amide bonds. The number of nitrogens with one attached hydrogen (secondary N) is 1. The van der Waals surface area contributed by atoms with Crippen LogP contribution in [0.1, 0.15) is 33.3 Å². The molecule has 1 aliphatic heterocycles. The minimum Gasteiger partial charge on any atom is -0.454 e. The van der Waals surface area contributed by atoms with Gasteiger partial charge in [0.15, 0.2) is 11.5 Å². The van der Waals surface area contributed by atoms with E-state index in [0.29, 0.717) is 17.9 Å². The van der Waals surface area contributed by atoms with Crippen LogP contribution in [0.2, 0.25) is 18.1 Å². The lowest BCUT2D eigenvalue weighted by Gasteiger charge is -2.39. The van der Waals surface area contributed by atoms with E-state index in [0.717, 1.165) is 17.9 Å². The molecule has 1 N–H and O–H groups in total. The minimum atomic E-state index is -1.45. The van der Waals surface area contributed by atoms with Crippen LogP contribution in [0.3, 0.4) is 0 Å². The molecule has 0 spiro atoms. The Labute approximate surface area is 123 Å². The van der Waals surface area contributed by atoms with Gasteiger partial charge in [0.05, 0.1) is 0 Å². The van der Waals surface area contributed by atoms with Gasteiger partial charge in [-0.15, -0.1) is 0 Å². The van der Waals surface area contributed by atoms with E-state index in [2.05, 4.69) is 57.9 Å². The normalized spacial score (nSPS) is 16.3. The highest BCUT2D eigenvalue weighted by molar-refractivity contribution is 6.77. The molecule has 0 radical (unpaired) electrons. The number of hydrogen-bond acceptors (Lipinski definition) is 3. The first-order valence-electron chi connectivity index (χ1n) is 7.35. The average Bonchev–Trinajstić information content (AvgIpc) is 2.73. The number of rotatable bonds is 4. The molecule has 112 valence electrons. The third kappa shape index (κ3) is 3.36. The summed E-state index contributed by atoms with van der Waals surface area (Å²) in [4.78, 5) is 3.88. The predicted octanol–water partition coefficient (Wildman–Crippen LogP) is 3.94. The molecule has 1 heterocycles. The van der Waals surface area contributed by atoms with Crippen molar-refractivity contribution in [3.63, 3.8) is 0 Å². The van der Waals surface area contributed by atoms with Crippen LogP contribution in [-0.4, -0.2) is 21.1 Å². The van der Waals surface area contributed by atoms with Crippen LogP contribution in [0.15, 0.2) is 18.2 Å². The van der Waals surface area contributed by atoms with E-state index in [1.807, 2.05) is 6.07 Å². The number of ether oxygens (including phenoxy) is 2. The fourth-order valence-electron chi connectivity index (χ4n) is 2.31. The second-order valence-corrected chi connectivity index (χ2v) is 12.4. The molecule has 3 nitrogen and oxygen atoms in total. The van der Waals surface area contributed by atoms with Crippen molar-refractivity contribution in [2.75, 3.05) is 6.79 Å². The molecule has 0 saturated heterocycles. The molecule has 0 saturated carbocycles. The van der Waals surface area contributed by atoms with Gasteiger partial charge < -0.3 is 14.5 Å². The van der Waals surface area contributed by atoms with Crippen LogP contribution >= 0.6 is 0 Å². The smallest absolute Gasteiger partial charge is 0.231 e. The van der Waals surface area contributed by atoms with Crippen LogP contribution in [0, 0.1) is 0 Å². The first-order valence-corrected chi connectivity index (χ1v) is 10.4. The topological polar surface area (TPSA) is 30.5 Å². The van der Waals surface area contributed by atoms with E-state index in [4.69, 9.17) is 9.47 Å². The second-order valence-electron chi connectivity index (χ2n) is 7.31. The van der Waals surface area contributed by atoms with Gasteiger partial charge in [-0.3, -0.25) is 0 Å². The van der Waals surface area contributed by atoms with Crippen LogP contribution in [0.4, 0.5) is 0 Å². The maximum Gasteiger partial charge on any atom is 0.231 e. The fourth-order valence-corrected chi connectivity index (χ4v) is 4.07. The maximum atomic E-state index is 5.44. The van der Waals surface area contributed by atoms with Crippen molar-refractivity contribution in [3.05, 3.63) is 23.8 Å². The lowest BCUT2D eigenvalue weighted by Crippen LogP contribution is -2.55. The largest absolute Gasteiger partial charge is 0.454 e. The molecule has 1 atom stereocenters. The predicted molar refractivity (Wildman–Crippen MR) is 86.1 cm³/mol. The van der Waals surface area contributed by atoms with E-state index < -0.39 is 8.24 Å². The van der Waals surface area contributed by atoms with Gasteiger partial charge in [-0.2, -0.15) is 0 Å². The highest BCUT2D eigenvalue weighted by Crippen LogP contribution is 2.35. The molecule has 20 heavy (non-hydrogen) atoms. The summed E-state index contributed by atoms with van der Waals surface area (Å²) in [6.45, 7) is 14.4. The summed E-state index contributed by atoms with van der Waals surface area (Å²) < 4.78 is 10.8. The molecule has 2 rings (SSSR count). The Kier molecular flexibility index (Phi) is 4.16. The van der Waals surface area contributed by atoms with Crippen molar-refractivity contribution in [1.29, 1.82) is 0 Å². The van der Waals surface area contributed by atoms with Crippen LogP contribution in [0.25, 0.3) is 0 Å². The Balaban J connectivity index is 2.00. The summed E-state index contributed by atoms with van der Waals surface area (Å²) >= 11 is 0. The van der Waals surface area contributed by atoms with Crippen molar-refractivity contribution < 1.29 is 9.47 Å². The summed E-state index contributed by atoms with van der Waals surface area (Å²) in [6.07, 6.45) is 1.02. The van der Waals surface area contributed by atoms with Crippen molar-refractivity contribution in [3.8, 4) is 11.5 Å². The Morgan fingerprint density at radius 1 is 1.20 bits per heavy atom. The van der Waals surface area contributed by atoms with Crippen molar-refractivity contribution in [2.24, 2.45) is 0 Å². The van der Waals surface area contributed by atoms with Gasteiger partial charge in [-0.25, -0.2) is 0 Å². The third-order valence-electron chi connectivity index (χ3n) is 4.46. The average molecular weight is 293 g/mol. The molecule has 0 aromatic heterocycles. The standard InChI is InChI=1S/C16H27NO2Si/c1-12(17-20(5,6)16(2,3)4)9-13-7-8-14-15(10-13)19-11-18-14/h7-8,10,12,17H,9,11H2,1-6H3. The fraction of sp³-hybridized carbons (Fsp3) is 0.625. The van der Waals surface area contributed by atoms with Gasteiger partial charge in [0.25, 0.3) is 0 Å². The number of fused-ring (bicyclic) bond motifs is 1. The Morgan fingerprint density at radius 3 is 2.50 bits per heavy atom. The highest BCUT2D eigenvalue weighted by Gasteiger charge is 2.36. The van der Waals surface area contributed by atoms with Crippen molar-refractivity contribution >= 4 is 8.24 Å². The van der Waals surface area contributed by atoms with Gasteiger partial charge in [0.1, 0.15) is 8.24 Å². The molecule has 0 fully saturated rings. The van der Waals surface area contributed by atoms with Crippen LogP contribution in [0.5, 0.6) is 11.5 Å². The molecular formula is C16H27NO2Si. The molecule has 0 aliphatic carbocycles. The van der Waals surface area contributed by atoms with Crippen molar-refractivity contribution in [1.82, 2.24) is 4.98 Å². The lowest BCUT2D eigenvalue weighted by atomic mass is 10.1. The summed E-state index contributed by atoms with van der Waals surface area (Å²) in [7, 11) is -1.45. The first kappa shape index (κ1) is 15.4. The SMILES string of the molecule is CC(Cc1ccc2c(c1)OCO2)N[Si](C)(C)C(C)(C)C. The van der Waals surface area contributed by atoms with Crippen molar-refractivity contribution in [2.45, 2.75) is 58.3 Å². The summed E-state index contributed by atoms with van der Waals surface area (Å²) in [6, 6.07) is 6.72. The van der Waals surface area contributed by atoms with Gasteiger partial charge >= 0.3 is 0 Å². The molecule has 1 unspecified atom stereocenters. The van der Waals surface area contributed by atoms with Crippen LogP contribution < -0.4 is 14.5 Å². The van der Waals surface area contributed by atoms with Gasteiger partial charge in [-0.05, 0) is 29.2 Å². The monoisotopic (exact) mass is 293 g/mol. The zero-order chi connectivity index (χ0) is 15.0.